The molecule has 0 radical (unpaired) electrons. The summed E-state index contributed by atoms with van der Waals surface area (Å²) in [4.78, 5) is 20.5. The molecule has 1 N–H and O–H groups in total. The number of morpholine rings is 1. The lowest BCUT2D eigenvalue weighted by molar-refractivity contribution is -0.0202. The van der Waals surface area contributed by atoms with E-state index in [1.165, 1.54) is 11.3 Å². The maximum Gasteiger partial charge on any atom is 0.262 e. The van der Waals surface area contributed by atoms with Gasteiger partial charge in [-0.25, -0.2) is 0 Å². The Morgan fingerprint density at radius 1 is 1.19 bits per heavy atom. The van der Waals surface area contributed by atoms with Gasteiger partial charge in [-0.15, -0.1) is 11.3 Å². The minimum absolute atomic E-state index is 0.133. The maximum absolute atomic E-state index is 13.2. The zero-order chi connectivity index (χ0) is 21.9. The standard InChI is InChI=1S/C24H24N4O3S/c1-28-11-12-30-18(15-28)22-17-9-5-6-10-19(17)32-23(22)24(29)25-14-21-26-20(27-31-21)13-16-7-3-2-4-8-16/h2-10,18H,11-15H2,1H3,(H,25,29)/t18-/m1/s1. The third-order valence-electron chi connectivity index (χ3n) is 5.55. The van der Waals surface area contributed by atoms with Gasteiger partial charge in [0.05, 0.1) is 24.1 Å². The van der Waals surface area contributed by atoms with Gasteiger partial charge >= 0.3 is 0 Å². The number of fused-ring (bicyclic) bond motifs is 1. The lowest BCUT2D eigenvalue weighted by Crippen LogP contribution is -2.36. The molecular formula is C24H24N4O3S. The number of nitrogens with one attached hydrogen (secondary N) is 1. The van der Waals surface area contributed by atoms with Crippen LogP contribution in [0.15, 0.2) is 59.1 Å². The highest BCUT2D eigenvalue weighted by molar-refractivity contribution is 7.21. The molecule has 0 saturated carbocycles. The lowest BCUT2D eigenvalue weighted by atomic mass is 10.0. The molecular weight excluding hydrogens is 424 g/mol. The van der Waals surface area contributed by atoms with E-state index in [4.69, 9.17) is 9.26 Å². The Kier molecular flexibility index (Phi) is 5.98. The second kappa shape index (κ2) is 9.20. The highest BCUT2D eigenvalue weighted by Gasteiger charge is 2.28. The van der Waals surface area contributed by atoms with E-state index in [2.05, 4.69) is 33.5 Å². The Balaban J connectivity index is 1.33. The van der Waals surface area contributed by atoms with Gasteiger partial charge in [0.1, 0.15) is 0 Å². The molecule has 1 fully saturated rings. The van der Waals surface area contributed by atoms with Crippen molar-refractivity contribution in [3.8, 4) is 0 Å². The Hall–Kier alpha value is -3.07. The topological polar surface area (TPSA) is 80.5 Å². The number of hydrogen-bond donors (Lipinski definition) is 1. The molecule has 1 aliphatic heterocycles. The van der Waals surface area contributed by atoms with Crippen LogP contribution in [-0.2, 0) is 17.7 Å². The molecule has 1 saturated heterocycles. The van der Waals surface area contributed by atoms with Gasteiger partial charge in [0, 0.05) is 29.8 Å². The smallest absolute Gasteiger partial charge is 0.262 e. The Bertz CT molecular complexity index is 1220. The van der Waals surface area contributed by atoms with Gasteiger partial charge in [-0.2, -0.15) is 4.98 Å². The molecule has 3 heterocycles. The fraction of sp³-hybridized carbons (Fsp3) is 0.292. The van der Waals surface area contributed by atoms with Gasteiger partial charge < -0.3 is 19.5 Å². The second-order valence-corrected chi connectivity index (χ2v) is 8.96. The molecule has 1 amide bonds. The number of amides is 1. The van der Waals surface area contributed by atoms with Crippen LogP contribution < -0.4 is 5.32 Å². The van der Waals surface area contributed by atoms with Crippen LogP contribution >= 0.6 is 11.3 Å². The SMILES string of the molecule is CN1CCO[C@@H](c2c(C(=O)NCc3nc(Cc4ccccc4)no3)sc3ccccc23)C1. The summed E-state index contributed by atoms with van der Waals surface area (Å²) in [5.74, 6) is 0.836. The molecule has 7 nitrogen and oxygen atoms in total. The van der Waals surface area contributed by atoms with E-state index in [-0.39, 0.29) is 18.6 Å². The van der Waals surface area contributed by atoms with E-state index in [1.54, 1.807) is 0 Å². The number of benzene rings is 2. The summed E-state index contributed by atoms with van der Waals surface area (Å²) in [5, 5.41) is 8.06. The van der Waals surface area contributed by atoms with Crippen molar-refractivity contribution in [1.82, 2.24) is 20.4 Å². The van der Waals surface area contributed by atoms with Gasteiger partial charge in [0.25, 0.3) is 5.91 Å². The summed E-state index contributed by atoms with van der Waals surface area (Å²) in [6, 6.07) is 18.1. The van der Waals surface area contributed by atoms with Crippen molar-refractivity contribution in [2.45, 2.75) is 19.1 Å². The van der Waals surface area contributed by atoms with Crippen LogP contribution in [0.5, 0.6) is 0 Å². The van der Waals surface area contributed by atoms with Gasteiger partial charge in [0.2, 0.25) is 5.89 Å². The van der Waals surface area contributed by atoms with Gasteiger partial charge in [-0.3, -0.25) is 4.79 Å². The zero-order valence-corrected chi connectivity index (χ0v) is 18.6. The molecule has 0 bridgehead atoms. The number of ether oxygens (including phenoxy) is 1. The Morgan fingerprint density at radius 2 is 2.00 bits per heavy atom. The van der Waals surface area contributed by atoms with Crippen molar-refractivity contribution in [2.75, 3.05) is 26.7 Å². The molecule has 0 spiro atoms. The number of carbonyl (C=O) groups is 1. The van der Waals surface area contributed by atoms with E-state index >= 15 is 0 Å². The Morgan fingerprint density at radius 3 is 2.84 bits per heavy atom. The molecule has 32 heavy (non-hydrogen) atoms. The van der Waals surface area contributed by atoms with Crippen molar-refractivity contribution < 1.29 is 14.1 Å². The molecule has 1 atom stereocenters. The lowest BCUT2D eigenvalue weighted by Gasteiger charge is -2.30. The van der Waals surface area contributed by atoms with Crippen molar-refractivity contribution in [3.63, 3.8) is 0 Å². The first-order valence-electron chi connectivity index (χ1n) is 10.6. The Labute approximate surface area is 190 Å². The number of nitrogens with zero attached hydrogens (tertiary/aromatic N) is 3. The van der Waals surface area contributed by atoms with E-state index < -0.39 is 0 Å². The number of likely N-dealkylation sites (N-methyl/N-ethyl adjacent to an activating group) is 1. The van der Waals surface area contributed by atoms with Crippen molar-refractivity contribution in [1.29, 1.82) is 0 Å². The summed E-state index contributed by atoms with van der Waals surface area (Å²) in [5.41, 5.74) is 2.07. The van der Waals surface area contributed by atoms with E-state index in [0.29, 0.717) is 29.6 Å². The van der Waals surface area contributed by atoms with Crippen LogP contribution in [0.4, 0.5) is 0 Å². The number of hydrogen-bond acceptors (Lipinski definition) is 7. The van der Waals surface area contributed by atoms with Gasteiger partial charge in [-0.1, -0.05) is 53.7 Å². The summed E-state index contributed by atoms with van der Waals surface area (Å²) in [6.45, 7) is 2.48. The van der Waals surface area contributed by atoms with E-state index in [1.807, 2.05) is 48.5 Å². The number of carbonyl (C=O) groups excluding carboxylic acids is 1. The van der Waals surface area contributed by atoms with E-state index in [0.717, 1.165) is 34.3 Å². The van der Waals surface area contributed by atoms with Crippen LogP contribution in [0.25, 0.3) is 10.1 Å². The summed E-state index contributed by atoms with van der Waals surface area (Å²) >= 11 is 1.49. The number of aromatic nitrogens is 2. The maximum atomic E-state index is 13.2. The molecule has 2 aromatic heterocycles. The first-order chi connectivity index (χ1) is 15.7. The molecule has 8 heteroatoms. The summed E-state index contributed by atoms with van der Waals surface area (Å²) < 4.78 is 12.5. The first-order valence-corrected chi connectivity index (χ1v) is 11.4. The van der Waals surface area contributed by atoms with Crippen LogP contribution in [0.1, 0.15) is 38.6 Å². The first kappa shape index (κ1) is 20.8. The largest absolute Gasteiger partial charge is 0.371 e. The summed E-state index contributed by atoms with van der Waals surface area (Å²) in [6.07, 6.45) is 0.456. The molecule has 4 aromatic rings. The minimum atomic E-state index is -0.152. The number of thiophene rings is 1. The number of rotatable bonds is 6. The highest BCUT2D eigenvalue weighted by atomic mass is 32.1. The van der Waals surface area contributed by atoms with Gasteiger partial charge in [0.15, 0.2) is 5.82 Å². The molecule has 0 aliphatic carbocycles. The molecule has 1 aliphatic rings. The minimum Gasteiger partial charge on any atom is -0.371 e. The molecule has 164 valence electrons. The zero-order valence-electron chi connectivity index (χ0n) is 17.8. The van der Waals surface area contributed by atoms with Crippen LogP contribution in [0.3, 0.4) is 0 Å². The summed E-state index contributed by atoms with van der Waals surface area (Å²) in [7, 11) is 2.08. The quantitative estimate of drug-likeness (QED) is 0.483. The molecule has 5 rings (SSSR count). The fourth-order valence-electron chi connectivity index (χ4n) is 3.95. The third-order valence-corrected chi connectivity index (χ3v) is 6.73. The predicted molar refractivity (Wildman–Crippen MR) is 123 cm³/mol. The third kappa shape index (κ3) is 4.43. The van der Waals surface area contributed by atoms with Crippen molar-refractivity contribution in [2.24, 2.45) is 0 Å². The monoisotopic (exact) mass is 448 g/mol. The van der Waals surface area contributed by atoms with Crippen LogP contribution in [-0.4, -0.2) is 47.7 Å². The van der Waals surface area contributed by atoms with Crippen molar-refractivity contribution >= 4 is 27.3 Å². The predicted octanol–water partition coefficient (Wildman–Crippen LogP) is 3.81. The van der Waals surface area contributed by atoms with Crippen molar-refractivity contribution in [3.05, 3.63) is 82.3 Å². The van der Waals surface area contributed by atoms with Crippen LogP contribution in [0, 0.1) is 0 Å². The van der Waals surface area contributed by atoms with Crippen LogP contribution in [0.2, 0.25) is 0 Å². The molecule has 0 unspecified atom stereocenters. The normalized spacial score (nSPS) is 17.0. The molecule has 2 aromatic carbocycles. The average Bonchev–Trinajstić information content (AvgIpc) is 3.42. The highest BCUT2D eigenvalue weighted by Crippen LogP contribution is 2.38. The van der Waals surface area contributed by atoms with Gasteiger partial charge in [-0.05, 0) is 24.1 Å². The van der Waals surface area contributed by atoms with E-state index in [9.17, 15) is 4.79 Å². The average molecular weight is 449 g/mol. The fourth-order valence-corrected chi connectivity index (χ4v) is 5.13. The second-order valence-electron chi connectivity index (χ2n) is 7.91.